The molecule has 2 fully saturated rings. The molecule has 0 amide bonds. The van der Waals surface area contributed by atoms with E-state index in [2.05, 4.69) is 33.9 Å². The Balaban J connectivity index is 0.00000400. The Morgan fingerprint density at radius 2 is 1.53 bits per heavy atom. The second-order valence-electron chi connectivity index (χ2n) is 13.8. The van der Waals surface area contributed by atoms with Crippen molar-refractivity contribution >= 4 is 0 Å². The van der Waals surface area contributed by atoms with E-state index in [1.807, 2.05) is 12.1 Å². The molecule has 0 saturated heterocycles. The zero-order valence-corrected chi connectivity index (χ0v) is 25.9. The lowest BCUT2D eigenvalue weighted by Gasteiger charge is -2.53. The van der Waals surface area contributed by atoms with E-state index in [9.17, 15) is 10.2 Å². The van der Waals surface area contributed by atoms with Crippen LogP contribution in [0.4, 0.5) is 0 Å². The predicted molar refractivity (Wildman–Crippen MR) is 156 cm³/mol. The van der Waals surface area contributed by atoms with E-state index >= 15 is 0 Å². The van der Waals surface area contributed by atoms with Gasteiger partial charge in [0, 0.05) is 0 Å². The van der Waals surface area contributed by atoms with Crippen LogP contribution in [0.2, 0.25) is 0 Å². The second kappa shape index (κ2) is 13.7. The summed E-state index contributed by atoms with van der Waals surface area (Å²) in [6.45, 7) is 10.9. The SMILES string of the molecule is CCCCCC[N+](C)(CCCCCC)CCC[C@]1(O)CC[C@H]2[C@@H]3CCc4cc(O)ccc4[C@H]3CC[C@@]21C.[Cl-]. The lowest BCUT2D eigenvalue weighted by molar-refractivity contribution is -0.910. The number of aryl methyl sites for hydroxylation is 1. The smallest absolute Gasteiger partial charge is 0.115 e. The van der Waals surface area contributed by atoms with Crippen LogP contribution in [0, 0.1) is 17.3 Å². The first kappa shape index (κ1) is 31.8. The van der Waals surface area contributed by atoms with Crippen molar-refractivity contribution in [3.63, 3.8) is 0 Å². The molecular weight excluding hydrogens is 490 g/mol. The lowest BCUT2D eigenvalue weighted by Crippen LogP contribution is -3.00. The van der Waals surface area contributed by atoms with Crippen molar-refractivity contribution in [1.29, 1.82) is 0 Å². The van der Waals surface area contributed by atoms with E-state index in [0.717, 1.165) is 32.1 Å². The average molecular weight is 548 g/mol. The van der Waals surface area contributed by atoms with Gasteiger partial charge in [-0.15, -0.1) is 0 Å². The number of quaternary nitrogens is 1. The van der Waals surface area contributed by atoms with Crippen molar-refractivity contribution in [2.75, 3.05) is 26.7 Å². The highest BCUT2D eigenvalue weighted by Gasteiger charge is 2.61. The predicted octanol–water partition coefficient (Wildman–Crippen LogP) is 5.37. The molecule has 2 saturated carbocycles. The van der Waals surface area contributed by atoms with Crippen LogP contribution in [0.5, 0.6) is 5.75 Å². The van der Waals surface area contributed by atoms with E-state index in [0.29, 0.717) is 23.5 Å². The maximum Gasteiger partial charge on any atom is 0.115 e. The molecule has 0 bridgehead atoms. The fourth-order valence-corrected chi connectivity index (χ4v) is 9.02. The van der Waals surface area contributed by atoms with Gasteiger partial charge >= 0.3 is 0 Å². The molecule has 0 aromatic heterocycles. The summed E-state index contributed by atoms with van der Waals surface area (Å²) < 4.78 is 1.21. The number of phenols is 1. The third-order valence-electron chi connectivity index (χ3n) is 11.4. The van der Waals surface area contributed by atoms with Gasteiger partial charge in [-0.05, 0) is 123 Å². The van der Waals surface area contributed by atoms with Crippen LogP contribution >= 0.6 is 0 Å². The Morgan fingerprint density at radius 3 is 2.18 bits per heavy atom. The van der Waals surface area contributed by atoms with E-state index in [1.54, 1.807) is 0 Å². The minimum absolute atomic E-state index is 0. The van der Waals surface area contributed by atoms with Crippen LogP contribution in [0.3, 0.4) is 0 Å². The summed E-state index contributed by atoms with van der Waals surface area (Å²) in [7, 11) is 2.50. The molecule has 0 aliphatic heterocycles. The standard InChI is InChI=1S/C34H57NO2.ClH/c1-5-7-9-11-23-35(4,24-12-10-8-6-2)25-13-20-34(37)22-19-32-31-16-14-27-26-28(36)15-17-29(27)30(31)18-21-33(32,34)3;/h15,17,26,30-32,37H,5-14,16,18-25H2,1-4H3;1H/t30-,31-,32+,33+,34+;/m1./s1. The largest absolute Gasteiger partial charge is 1.00 e. The summed E-state index contributed by atoms with van der Waals surface area (Å²) in [6.07, 6.45) is 19.8. The molecule has 1 aromatic carbocycles. The Morgan fingerprint density at radius 1 is 0.868 bits per heavy atom. The fourth-order valence-electron chi connectivity index (χ4n) is 9.02. The van der Waals surface area contributed by atoms with Crippen molar-refractivity contribution in [3.05, 3.63) is 29.3 Å². The number of phenolic OH excluding ortho intramolecular Hbond substituents is 1. The summed E-state index contributed by atoms with van der Waals surface area (Å²) in [6, 6.07) is 6.09. The molecule has 3 aliphatic carbocycles. The Bertz CT molecular complexity index is 862. The number of hydrogen-bond donors (Lipinski definition) is 2. The zero-order valence-electron chi connectivity index (χ0n) is 25.1. The molecule has 3 aliphatic rings. The first-order chi connectivity index (χ1) is 17.8. The molecular formula is C34H58ClNO2. The molecule has 0 heterocycles. The topological polar surface area (TPSA) is 40.5 Å². The van der Waals surface area contributed by atoms with Crippen LogP contribution < -0.4 is 12.4 Å². The Labute approximate surface area is 240 Å². The molecule has 0 spiro atoms. The quantitative estimate of drug-likeness (QED) is 0.243. The number of hydrogen-bond acceptors (Lipinski definition) is 2. The number of benzene rings is 1. The van der Waals surface area contributed by atoms with Crippen LogP contribution in [0.15, 0.2) is 18.2 Å². The molecule has 4 rings (SSSR count). The monoisotopic (exact) mass is 547 g/mol. The number of halogens is 1. The molecule has 38 heavy (non-hydrogen) atoms. The van der Waals surface area contributed by atoms with Gasteiger partial charge in [0.25, 0.3) is 0 Å². The van der Waals surface area contributed by atoms with Crippen LogP contribution in [-0.2, 0) is 6.42 Å². The highest BCUT2D eigenvalue weighted by Crippen LogP contribution is 2.65. The van der Waals surface area contributed by atoms with Crippen molar-refractivity contribution in [1.82, 2.24) is 0 Å². The molecule has 218 valence electrons. The van der Waals surface area contributed by atoms with Gasteiger partial charge in [0.15, 0.2) is 0 Å². The number of fused-ring (bicyclic) bond motifs is 5. The summed E-state index contributed by atoms with van der Waals surface area (Å²) >= 11 is 0. The zero-order chi connectivity index (χ0) is 26.5. The first-order valence-corrected chi connectivity index (χ1v) is 16.1. The molecule has 0 unspecified atom stereocenters. The van der Waals surface area contributed by atoms with Crippen molar-refractivity contribution in [2.45, 2.75) is 135 Å². The van der Waals surface area contributed by atoms with Crippen molar-refractivity contribution in [2.24, 2.45) is 17.3 Å². The van der Waals surface area contributed by atoms with Crippen LogP contribution in [0.1, 0.15) is 134 Å². The summed E-state index contributed by atoms with van der Waals surface area (Å²) in [5.41, 5.74) is 2.43. The van der Waals surface area contributed by atoms with Gasteiger partial charge in [0.05, 0.1) is 32.3 Å². The summed E-state index contributed by atoms with van der Waals surface area (Å²) in [5.74, 6) is 2.37. The molecule has 2 N–H and O–H groups in total. The van der Waals surface area contributed by atoms with Gasteiger partial charge in [-0.3, -0.25) is 0 Å². The number of nitrogens with zero attached hydrogens (tertiary/aromatic N) is 1. The van der Waals surface area contributed by atoms with E-state index in [1.165, 1.54) is 106 Å². The maximum atomic E-state index is 12.2. The lowest BCUT2D eigenvalue weighted by atomic mass is 9.53. The molecule has 4 heteroatoms. The minimum atomic E-state index is -0.493. The number of rotatable bonds is 14. The molecule has 3 nitrogen and oxygen atoms in total. The summed E-state index contributed by atoms with van der Waals surface area (Å²) in [5, 5.41) is 22.2. The van der Waals surface area contributed by atoms with Crippen molar-refractivity contribution < 1.29 is 27.1 Å². The van der Waals surface area contributed by atoms with Crippen LogP contribution in [0.25, 0.3) is 0 Å². The van der Waals surface area contributed by atoms with E-state index in [-0.39, 0.29) is 17.8 Å². The third kappa shape index (κ3) is 6.74. The van der Waals surface area contributed by atoms with E-state index in [4.69, 9.17) is 0 Å². The van der Waals surface area contributed by atoms with Crippen LogP contribution in [-0.4, -0.2) is 47.0 Å². The average Bonchev–Trinajstić information content (AvgIpc) is 3.15. The van der Waals surface area contributed by atoms with E-state index < -0.39 is 5.60 Å². The van der Waals surface area contributed by atoms with Gasteiger partial charge in [-0.1, -0.05) is 52.5 Å². The molecule has 5 atom stereocenters. The third-order valence-corrected chi connectivity index (χ3v) is 11.4. The van der Waals surface area contributed by atoms with Gasteiger partial charge in [-0.2, -0.15) is 0 Å². The highest BCUT2D eigenvalue weighted by molar-refractivity contribution is 5.40. The van der Waals surface area contributed by atoms with Gasteiger partial charge in [0.2, 0.25) is 0 Å². The minimum Gasteiger partial charge on any atom is -1.00 e. The van der Waals surface area contributed by atoms with Gasteiger partial charge in [0.1, 0.15) is 5.75 Å². The fraction of sp³-hybridized carbons (Fsp3) is 0.824. The number of aromatic hydroxyl groups is 1. The molecule has 0 radical (unpaired) electrons. The maximum absolute atomic E-state index is 12.2. The Hall–Kier alpha value is -0.770. The Kier molecular flexibility index (Phi) is 11.5. The number of unbranched alkanes of at least 4 members (excludes halogenated alkanes) is 6. The van der Waals surface area contributed by atoms with Gasteiger partial charge in [-0.25, -0.2) is 0 Å². The van der Waals surface area contributed by atoms with Gasteiger partial charge < -0.3 is 27.1 Å². The second-order valence-corrected chi connectivity index (χ2v) is 13.8. The first-order valence-electron chi connectivity index (χ1n) is 16.1. The summed E-state index contributed by atoms with van der Waals surface area (Å²) in [4.78, 5) is 0. The molecule has 1 aromatic rings. The normalized spacial score (nSPS) is 30.3. The van der Waals surface area contributed by atoms with Crippen molar-refractivity contribution in [3.8, 4) is 5.75 Å². The highest BCUT2D eigenvalue weighted by atomic mass is 35.5. The number of aliphatic hydroxyl groups is 1.